The minimum atomic E-state index is 0.0858. The number of nitrogens with one attached hydrogen (secondary N) is 1. The van der Waals surface area contributed by atoms with Gasteiger partial charge in [-0.05, 0) is 80.7 Å². The van der Waals surface area contributed by atoms with Crippen LogP contribution in [-0.4, -0.2) is 41.9 Å². The summed E-state index contributed by atoms with van der Waals surface area (Å²) in [6.07, 6.45) is 4.35. The average Bonchev–Trinajstić information content (AvgIpc) is 3.28. The lowest BCUT2D eigenvalue weighted by Gasteiger charge is -2.31. The van der Waals surface area contributed by atoms with E-state index >= 15 is 0 Å². The third kappa shape index (κ3) is 6.23. The summed E-state index contributed by atoms with van der Waals surface area (Å²) in [7, 11) is 0. The van der Waals surface area contributed by atoms with E-state index in [1.165, 1.54) is 37.1 Å². The molecule has 31 heavy (non-hydrogen) atoms. The maximum atomic E-state index is 12.8. The number of hydrogen-bond donors (Lipinski definition) is 1. The van der Waals surface area contributed by atoms with Crippen LogP contribution in [0.15, 0.2) is 42.5 Å². The van der Waals surface area contributed by atoms with Gasteiger partial charge in [0.1, 0.15) is 0 Å². The molecule has 4 rings (SSSR count). The number of carbonyl (C=O) groups excluding carboxylic acids is 1. The summed E-state index contributed by atoms with van der Waals surface area (Å²) in [6.45, 7) is 6.57. The van der Waals surface area contributed by atoms with E-state index in [1.54, 1.807) is 6.07 Å². The Labute approximate surface area is 195 Å². The van der Waals surface area contributed by atoms with Crippen molar-refractivity contribution in [3.63, 3.8) is 0 Å². The zero-order valence-electron chi connectivity index (χ0n) is 18.0. The van der Waals surface area contributed by atoms with Gasteiger partial charge in [-0.2, -0.15) is 0 Å². The molecule has 0 bridgehead atoms. The number of rotatable bonds is 7. The smallest absolute Gasteiger partial charge is 0.223 e. The van der Waals surface area contributed by atoms with E-state index in [4.69, 9.17) is 23.2 Å². The predicted octanol–water partition coefficient (Wildman–Crippen LogP) is 5.12. The SMILES string of the molecule is O=C(NCc1ccccc1CN1CCCC1)C1CCN(Cc2ccc(Cl)cc2Cl)CC1. The number of halogens is 2. The first-order valence-corrected chi connectivity index (χ1v) is 12.1. The van der Waals surface area contributed by atoms with Gasteiger partial charge in [0, 0.05) is 35.6 Å². The zero-order chi connectivity index (χ0) is 21.6. The molecule has 1 N–H and O–H groups in total. The van der Waals surface area contributed by atoms with Crippen molar-refractivity contribution < 1.29 is 4.79 Å². The summed E-state index contributed by atoms with van der Waals surface area (Å²) in [4.78, 5) is 17.7. The number of carbonyl (C=O) groups is 1. The van der Waals surface area contributed by atoms with Crippen molar-refractivity contribution in [1.82, 2.24) is 15.1 Å². The van der Waals surface area contributed by atoms with Gasteiger partial charge in [0.15, 0.2) is 0 Å². The van der Waals surface area contributed by atoms with Crippen molar-refractivity contribution in [1.29, 1.82) is 0 Å². The quantitative estimate of drug-likeness (QED) is 0.623. The molecule has 0 aromatic heterocycles. The first-order valence-electron chi connectivity index (χ1n) is 11.3. The Bertz CT molecular complexity index is 890. The van der Waals surface area contributed by atoms with E-state index in [-0.39, 0.29) is 11.8 Å². The van der Waals surface area contributed by atoms with Crippen molar-refractivity contribution in [2.45, 2.75) is 45.3 Å². The minimum absolute atomic E-state index is 0.0858. The van der Waals surface area contributed by atoms with Gasteiger partial charge in [0.25, 0.3) is 0 Å². The molecule has 2 aromatic rings. The molecule has 4 nitrogen and oxygen atoms in total. The van der Waals surface area contributed by atoms with E-state index in [2.05, 4.69) is 39.4 Å². The van der Waals surface area contributed by atoms with Crippen molar-refractivity contribution in [2.24, 2.45) is 5.92 Å². The molecule has 2 aliphatic heterocycles. The number of nitrogens with zero attached hydrogens (tertiary/aromatic N) is 2. The Hall–Kier alpha value is -1.59. The van der Waals surface area contributed by atoms with Crippen molar-refractivity contribution in [2.75, 3.05) is 26.2 Å². The van der Waals surface area contributed by atoms with Crippen LogP contribution in [0.3, 0.4) is 0 Å². The predicted molar refractivity (Wildman–Crippen MR) is 127 cm³/mol. The van der Waals surface area contributed by atoms with Gasteiger partial charge < -0.3 is 5.32 Å². The van der Waals surface area contributed by atoms with Crippen molar-refractivity contribution >= 4 is 29.1 Å². The van der Waals surface area contributed by atoms with Crippen LogP contribution in [-0.2, 0) is 24.4 Å². The second kappa shape index (κ2) is 10.8. The van der Waals surface area contributed by atoms with E-state index in [1.807, 2.05) is 12.1 Å². The maximum Gasteiger partial charge on any atom is 0.223 e. The molecule has 6 heteroatoms. The molecular weight excluding hydrogens is 429 g/mol. The number of benzene rings is 2. The van der Waals surface area contributed by atoms with Gasteiger partial charge >= 0.3 is 0 Å². The van der Waals surface area contributed by atoms with Gasteiger partial charge in [-0.15, -0.1) is 0 Å². The molecule has 2 heterocycles. The maximum absolute atomic E-state index is 12.8. The second-order valence-electron chi connectivity index (χ2n) is 8.76. The summed E-state index contributed by atoms with van der Waals surface area (Å²) < 4.78 is 0. The molecule has 1 amide bonds. The topological polar surface area (TPSA) is 35.6 Å². The van der Waals surface area contributed by atoms with E-state index in [9.17, 15) is 4.79 Å². The lowest BCUT2D eigenvalue weighted by atomic mass is 9.95. The molecule has 2 saturated heterocycles. The van der Waals surface area contributed by atoms with Crippen molar-refractivity contribution in [3.8, 4) is 0 Å². The zero-order valence-corrected chi connectivity index (χ0v) is 19.5. The van der Waals surface area contributed by atoms with E-state index in [0.717, 1.165) is 44.6 Å². The Morgan fingerprint density at radius 1 is 0.871 bits per heavy atom. The molecule has 2 fully saturated rings. The van der Waals surface area contributed by atoms with Gasteiger partial charge in [-0.3, -0.25) is 14.6 Å². The summed E-state index contributed by atoms with van der Waals surface area (Å²) in [6, 6.07) is 14.2. The van der Waals surface area contributed by atoms with Gasteiger partial charge in [-0.25, -0.2) is 0 Å². The number of likely N-dealkylation sites (tertiary alicyclic amines) is 2. The molecule has 0 saturated carbocycles. The molecule has 166 valence electrons. The highest BCUT2D eigenvalue weighted by Gasteiger charge is 2.25. The second-order valence-corrected chi connectivity index (χ2v) is 9.60. The monoisotopic (exact) mass is 459 g/mol. The lowest BCUT2D eigenvalue weighted by Crippen LogP contribution is -2.40. The van der Waals surface area contributed by atoms with Crippen LogP contribution in [0.4, 0.5) is 0 Å². The van der Waals surface area contributed by atoms with Gasteiger partial charge in [-0.1, -0.05) is 53.5 Å². The summed E-state index contributed by atoms with van der Waals surface area (Å²) in [5.41, 5.74) is 3.65. The number of amides is 1. The van der Waals surface area contributed by atoms with Crippen LogP contribution in [0.1, 0.15) is 42.4 Å². The highest BCUT2D eigenvalue weighted by Crippen LogP contribution is 2.25. The molecule has 0 atom stereocenters. The Balaban J connectivity index is 1.25. The average molecular weight is 460 g/mol. The number of piperidine rings is 1. The normalized spacial score (nSPS) is 18.4. The van der Waals surface area contributed by atoms with E-state index < -0.39 is 0 Å². The number of hydrogen-bond acceptors (Lipinski definition) is 3. The lowest BCUT2D eigenvalue weighted by molar-refractivity contribution is -0.126. The van der Waals surface area contributed by atoms with Crippen LogP contribution in [0.5, 0.6) is 0 Å². The van der Waals surface area contributed by atoms with Crippen LogP contribution >= 0.6 is 23.2 Å². The van der Waals surface area contributed by atoms with Gasteiger partial charge in [0.05, 0.1) is 0 Å². The molecule has 0 radical (unpaired) electrons. The molecule has 0 aliphatic carbocycles. The molecular formula is C25H31Cl2N3O. The van der Waals surface area contributed by atoms with Crippen LogP contribution < -0.4 is 5.32 Å². The van der Waals surface area contributed by atoms with Gasteiger partial charge in [0.2, 0.25) is 5.91 Å². The fourth-order valence-corrected chi connectivity index (χ4v) is 5.10. The van der Waals surface area contributed by atoms with Crippen LogP contribution in [0.2, 0.25) is 10.0 Å². The first kappa shape index (κ1) is 22.6. The third-order valence-electron chi connectivity index (χ3n) is 6.53. The van der Waals surface area contributed by atoms with Crippen molar-refractivity contribution in [3.05, 3.63) is 69.2 Å². The largest absolute Gasteiger partial charge is 0.352 e. The highest BCUT2D eigenvalue weighted by molar-refractivity contribution is 6.35. The fourth-order valence-electron chi connectivity index (χ4n) is 4.64. The third-order valence-corrected chi connectivity index (χ3v) is 7.12. The molecule has 2 aromatic carbocycles. The molecule has 0 unspecified atom stereocenters. The Kier molecular flexibility index (Phi) is 7.89. The Morgan fingerprint density at radius 2 is 1.52 bits per heavy atom. The molecule has 0 spiro atoms. The van der Waals surface area contributed by atoms with E-state index in [0.29, 0.717) is 16.6 Å². The first-order chi connectivity index (χ1) is 15.1. The minimum Gasteiger partial charge on any atom is -0.352 e. The molecule has 2 aliphatic rings. The summed E-state index contributed by atoms with van der Waals surface area (Å²) in [5.74, 6) is 0.267. The Morgan fingerprint density at radius 3 is 2.23 bits per heavy atom. The van der Waals surface area contributed by atoms with Crippen LogP contribution in [0, 0.1) is 5.92 Å². The summed E-state index contributed by atoms with van der Waals surface area (Å²) >= 11 is 12.3. The standard InChI is InChI=1S/C25H31Cl2N3O/c26-23-8-7-22(24(27)15-23)18-30-13-9-19(10-14-30)25(31)28-16-20-5-1-2-6-21(20)17-29-11-3-4-12-29/h1-2,5-8,15,19H,3-4,9-14,16-18H2,(H,28,31). The summed E-state index contributed by atoms with van der Waals surface area (Å²) in [5, 5.41) is 4.57. The van der Waals surface area contributed by atoms with Crippen LogP contribution in [0.25, 0.3) is 0 Å². The fraction of sp³-hybridized carbons (Fsp3) is 0.480. The highest BCUT2D eigenvalue weighted by atomic mass is 35.5.